The van der Waals surface area contributed by atoms with Crippen LogP contribution < -0.4 is 16.7 Å². The average Bonchev–Trinajstić information content (AvgIpc) is 2.75. The molecule has 1 heterocycles. The van der Waals surface area contributed by atoms with E-state index in [2.05, 4.69) is 15.6 Å². The SMILES string of the molecule is CC(C)(C)OC(=O)NC(=N)C1=CC(OCCON)NO1. The van der Waals surface area contributed by atoms with Crippen LogP contribution in [-0.2, 0) is 19.1 Å². The number of amidine groups is 1. The quantitative estimate of drug-likeness (QED) is 0.245. The van der Waals surface area contributed by atoms with Gasteiger partial charge in [-0.25, -0.2) is 10.7 Å². The zero-order valence-corrected chi connectivity index (χ0v) is 11.7. The van der Waals surface area contributed by atoms with Gasteiger partial charge < -0.3 is 19.1 Å². The van der Waals surface area contributed by atoms with E-state index in [-0.39, 0.29) is 24.8 Å². The smallest absolute Gasteiger partial charge is 0.413 e. The van der Waals surface area contributed by atoms with Gasteiger partial charge in [0.15, 0.2) is 17.8 Å². The van der Waals surface area contributed by atoms with E-state index in [0.717, 1.165) is 0 Å². The van der Waals surface area contributed by atoms with E-state index in [1.807, 2.05) is 0 Å². The van der Waals surface area contributed by atoms with Crippen molar-refractivity contribution < 1.29 is 23.9 Å². The van der Waals surface area contributed by atoms with Gasteiger partial charge in [0.1, 0.15) is 5.60 Å². The number of amides is 1. The van der Waals surface area contributed by atoms with Crippen LogP contribution in [0.3, 0.4) is 0 Å². The number of hydrogen-bond acceptors (Lipinski definition) is 8. The summed E-state index contributed by atoms with van der Waals surface area (Å²) >= 11 is 0. The molecule has 1 atom stereocenters. The Hall–Kier alpha value is -1.68. The molecule has 1 amide bonds. The van der Waals surface area contributed by atoms with Gasteiger partial charge >= 0.3 is 6.09 Å². The van der Waals surface area contributed by atoms with Crippen LogP contribution in [0.4, 0.5) is 4.79 Å². The van der Waals surface area contributed by atoms with Gasteiger partial charge in [0.05, 0.1) is 13.2 Å². The molecule has 0 aromatic heterocycles. The van der Waals surface area contributed by atoms with Crippen molar-refractivity contribution in [2.24, 2.45) is 5.90 Å². The Morgan fingerprint density at radius 1 is 1.55 bits per heavy atom. The lowest BCUT2D eigenvalue weighted by Gasteiger charge is -2.19. The van der Waals surface area contributed by atoms with Crippen molar-refractivity contribution in [2.45, 2.75) is 32.6 Å². The highest BCUT2D eigenvalue weighted by Gasteiger charge is 2.23. The van der Waals surface area contributed by atoms with E-state index in [1.165, 1.54) is 6.08 Å². The van der Waals surface area contributed by atoms with E-state index in [9.17, 15) is 4.79 Å². The summed E-state index contributed by atoms with van der Waals surface area (Å²) in [6.07, 6.45) is 0.227. The topological polar surface area (TPSA) is 128 Å². The Labute approximate surface area is 116 Å². The molecule has 0 saturated carbocycles. The number of hydrogen-bond donors (Lipinski definition) is 4. The molecular weight excluding hydrogens is 268 g/mol. The maximum Gasteiger partial charge on any atom is 0.413 e. The molecule has 0 fully saturated rings. The molecule has 0 aromatic carbocycles. The molecule has 1 unspecified atom stereocenters. The van der Waals surface area contributed by atoms with Crippen molar-refractivity contribution in [3.05, 3.63) is 11.8 Å². The average molecular weight is 288 g/mol. The first-order chi connectivity index (χ1) is 9.31. The first-order valence-electron chi connectivity index (χ1n) is 5.98. The number of ether oxygens (including phenoxy) is 2. The molecular formula is C11H20N4O5. The van der Waals surface area contributed by atoms with Gasteiger partial charge in [0, 0.05) is 6.08 Å². The highest BCUT2D eigenvalue weighted by Crippen LogP contribution is 2.10. The third-order valence-corrected chi connectivity index (χ3v) is 1.96. The summed E-state index contributed by atoms with van der Waals surface area (Å²) in [6, 6.07) is 0. The van der Waals surface area contributed by atoms with Crippen molar-refractivity contribution in [1.82, 2.24) is 10.8 Å². The highest BCUT2D eigenvalue weighted by atomic mass is 16.7. The maximum absolute atomic E-state index is 11.5. The number of carbonyl (C=O) groups excluding carboxylic acids is 1. The summed E-state index contributed by atoms with van der Waals surface area (Å²) in [5, 5.41) is 9.94. The van der Waals surface area contributed by atoms with E-state index in [4.69, 9.17) is 25.6 Å². The number of nitrogens with two attached hydrogens (primary N) is 1. The van der Waals surface area contributed by atoms with Crippen LogP contribution in [0.2, 0.25) is 0 Å². The van der Waals surface area contributed by atoms with Crippen LogP contribution in [0.15, 0.2) is 11.8 Å². The van der Waals surface area contributed by atoms with Crippen LogP contribution in [0.1, 0.15) is 20.8 Å². The minimum absolute atomic E-state index is 0.134. The molecule has 0 aromatic rings. The van der Waals surface area contributed by atoms with E-state index >= 15 is 0 Å². The molecule has 1 rings (SSSR count). The van der Waals surface area contributed by atoms with Crippen LogP contribution in [0.5, 0.6) is 0 Å². The summed E-state index contributed by atoms with van der Waals surface area (Å²) in [4.78, 5) is 20.8. The van der Waals surface area contributed by atoms with Crippen LogP contribution >= 0.6 is 0 Å². The molecule has 9 heteroatoms. The molecule has 0 aliphatic carbocycles. The lowest BCUT2D eigenvalue weighted by molar-refractivity contribution is -0.0349. The minimum Gasteiger partial charge on any atom is -0.444 e. The lowest BCUT2D eigenvalue weighted by atomic mass is 10.2. The van der Waals surface area contributed by atoms with Crippen LogP contribution in [0, 0.1) is 5.41 Å². The van der Waals surface area contributed by atoms with E-state index in [0.29, 0.717) is 0 Å². The fourth-order valence-corrected chi connectivity index (χ4v) is 1.23. The summed E-state index contributed by atoms with van der Waals surface area (Å²) < 4.78 is 10.3. The Morgan fingerprint density at radius 3 is 2.85 bits per heavy atom. The Balaban J connectivity index is 2.40. The molecule has 1 aliphatic heterocycles. The molecule has 0 saturated heterocycles. The summed E-state index contributed by atoms with van der Waals surface area (Å²) in [7, 11) is 0. The number of nitrogens with one attached hydrogen (secondary N) is 3. The van der Waals surface area contributed by atoms with Gasteiger partial charge in [0.2, 0.25) is 0 Å². The predicted octanol–water partition coefficient (Wildman–Crippen LogP) is 0.140. The Bertz CT molecular complexity index is 391. The third-order valence-electron chi connectivity index (χ3n) is 1.96. The standard InChI is InChI=1S/C11H20N4O5/c1-11(2,3)19-10(16)14-9(12)7-6-8(15-20-7)17-4-5-18-13/h6,8,15H,4-5,13H2,1-3H3,(H2,12,14,16). The second-order valence-corrected chi connectivity index (χ2v) is 4.91. The van der Waals surface area contributed by atoms with E-state index < -0.39 is 17.9 Å². The molecule has 114 valence electrons. The van der Waals surface area contributed by atoms with Crippen LogP contribution in [0.25, 0.3) is 0 Å². The van der Waals surface area contributed by atoms with Crippen LogP contribution in [-0.4, -0.2) is 37.0 Å². The number of carbonyl (C=O) groups is 1. The molecule has 0 radical (unpaired) electrons. The Morgan fingerprint density at radius 2 is 2.25 bits per heavy atom. The fraction of sp³-hybridized carbons (Fsp3) is 0.636. The number of rotatable bonds is 5. The molecule has 1 aliphatic rings. The number of alkyl carbamates (subject to hydrolysis) is 1. The fourth-order valence-electron chi connectivity index (χ4n) is 1.23. The first kappa shape index (κ1) is 16.4. The molecule has 0 bridgehead atoms. The summed E-state index contributed by atoms with van der Waals surface area (Å²) in [5.41, 5.74) is 1.89. The molecule has 9 nitrogen and oxygen atoms in total. The zero-order chi connectivity index (χ0) is 15.2. The normalized spacial score (nSPS) is 18.2. The van der Waals surface area contributed by atoms with E-state index in [1.54, 1.807) is 20.8 Å². The summed E-state index contributed by atoms with van der Waals surface area (Å²) in [5.74, 6) is 4.76. The first-order valence-corrected chi connectivity index (χ1v) is 5.98. The molecule has 5 N–H and O–H groups in total. The van der Waals surface area contributed by atoms with Crippen molar-refractivity contribution in [2.75, 3.05) is 13.2 Å². The van der Waals surface area contributed by atoms with Crippen molar-refractivity contribution in [3.63, 3.8) is 0 Å². The van der Waals surface area contributed by atoms with Gasteiger partial charge in [-0.05, 0) is 20.8 Å². The third kappa shape index (κ3) is 5.97. The van der Waals surface area contributed by atoms with Gasteiger partial charge in [-0.3, -0.25) is 10.7 Å². The van der Waals surface area contributed by atoms with Crippen molar-refractivity contribution >= 4 is 11.9 Å². The predicted molar refractivity (Wildman–Crippen MR) is 69.3 cm³/mol. The van der Waals surface area contributed by atoms with Gasteiger partial charge in [-0.1, -0.05) is 0 Å². The zero-order valence-electron chi connectivity index (χ0n) is 11.7. The van der Waals surface area contributed by atoms with Gasteiger partial charge in [0.25, 0.3) is 0 Å². The highest BCUT2D eigenvalue weighted by molar-refractivity contribution is 6.03. The minimum atomic E-state index is -0.729. The van der Waals surface area contributed by atoms with Gasteiger partial charge in [-0.15, -0.1) is 5.48 Å². The summed E-state index contributed by atoms with van der Waals surface area (Å²) in [6.45, 7) is 5.68. The Kier molecular flexibility index (Phi) is 5.89. The monoisotopic (exact) mass is 288 g/mol. The van der Waals surface area contributed by atoms with Crippen molar-refractivity contribution in [1.29, 1.82) is 5.41 Å². The van der Waals surface area contributed by atoms with Crippen molar-refractivity contribution in [3.8, 4) is 0 Å². The largest absolute Gasteiger partial charge is 0.444 e. The van der Waals surface area contributed by atoms with Gasteiger partial charge in [-0.2, -0.15) is 0 Å². The molecule has 0 spiro atoms. The maximum atomic E-state index is 11.5. The second kappa shape index (κ2) is 7.20. The number of hydroxylamine groups is 1. The molecule has 20 heavy (non-hydrogen) atoms. The lowest BCUT2D eigenvalue weighted by Crippen LogP contribution is -2.37. The second-order valence-electron chi connectivity index (χ2n) is 4.91.